The Morgan fingerprint density at radius 1 is 1.53 bits per heavy atom. The van der Waals surface area contributed by atoms with Crippen LogP contribution in [0.5, 0.6) is 0 Å². The van der Waals surface area contributed by atoms with Gasteiger partial charge in [-0.3, -0.25) is 9.69 Å². The van der Waals surface area contributed by atoms with E-state index in [4.69, 9.17) is 10.8 Å². The van der Waals surface area contributed by atoms with E-state index in [1.807, 2.05) is 24.3 Å². The number of carboxylic acid groups (broad SMARTS) is 1. The van der Waals surface area contributed by atoms with E-state index in [0.29, 0.717) is 0 Å². The zero-order valence-electron chi connectivity index (χ0n) is 8.81. The van der Waals surface area contributed by atoms with Crippen LogP contribution in [-0.2, 0) is 11.2 Å². The number of anilines is 1. The van der Waals surface area contributed by atoms with Gasteiger partial charge in [0, 0.05) is 12.2 Å². The highest BCUT2D eigenvalue weighted by Gasteiger charge is 2.03. The van der Waals surface area contributed by atoms with Crippen molar-refractivity contribution < 1.29 is 9.90 Å². The van der Waals surface area contributed by atoms with Crippen molar-refractivity contribution in [1.82, 2.24) is 4.90 Å². The molecular weight excluding hydrogens is 192 g/mol. The van der Waals surface area contributed by atoms with Crippen LogP contribution < -0.4 is 5.73 Å². The van der Waals surface area contributed by atoms with Crippen LogP contribution in [0, 0.1) is 0 Å². The number of carbonyl (C=O) groups is 1. The Kier molecular flexibility index (Phi) is 4.12. The minimum Gasteiger partial charge on any atom is -0.480 e. The van der Waals surface area contributed by atoms with Crippen LogP contribution in [0.15, 0.2) is 24.3 Å². The van der Waals surface area contributed by atoms with Crippen LogP contribution in [0.1, 0.15) is 5.56 Å². The van der Waals surface area contributed by atoms with Crippen LogP contribution in [0.3, 0.4) is 0 Å². The number of rotatable bonds is 5. The van der Waals surface area contributed by atoms with Crippen molar-refractivity contribution in [2.45, 2.75) is 6.42 Å². The fraction of sp³-hybridized carbons (Fsp3) is 0.364. The standard InChI is InChI=1S/C11H16N2O2/c1-13(8-11(14)15)6-5-9-3-2-4-10(12)7-9/h2-4,7H,5-6,8,12H2,1H3,(H,14,15). The van der Waals surface area contributed by atoms with Crippen LogP contribution in [0.2, 0.25) is 0 Å². The van der Waals surface area contributed by atoms with Crippen molar-refractivity contribution in [2.75, 3.05) is 25.9 Å². The molecule has 15 heavy (non-hydrogen) atoms. The molecule has 1 aromatic rings. The van der Waals surface area contributed by atoms with E-state index in [1.165, 1.54) is 0 Å². The largest absolute Gasteiger partial charge is 0.480 e. The number of hydrogen-bond acceptors (Lipinski definition) is 3. The Labute approximate surface area is 89.3 Å². The van der Waals surface area contributed by atoms with Gasteiger partial charge in [-0.15, -0.1) is 0 Å². The summed E-state index contributed by atoms with van der Waals surface area (Å²) in [4.78, 5) is 12.2. The van der Waals surface area contributed by atoms with Crippen molar-refractivity contribution in [3.05, 3.63) is 29.8 Å². The molecule has 0 heterocycles. The molecule has 0 unspecified atom stereocenters. The molecule has 0 radical (unpaired) electrons. The van der Waals surface area contributed by atoms with Crippen molar-refractivity contribution in [3.8, 4) is 0 Å². The Hall–Kier alpha value is -1.55. The summed E-state index contributed by atoms with van der Waals surface area (Å²) in [6, 6.07) is 7.64. The average Bonchev–Trinajstić information content (AvgIpc) is 2.14. The second-order valence-corrected chi connectivity index (χ2v) is 3.63. The Morgan fingerprint density at radius 3 is 2.87 bits per heavy atom. The zero-order chi connectivity index (χ0) is 11.3. The van der Waals surface area contributed by atoms with E-state index in [0.717, 1.165) is 24.2 Å². The Morgan fingerprint density at radius 2 is 2.27 bits per heavy atom. The van der Waals surface area contributed by atoms with Gasteiger partial charge >= 0.3 is 5.97 Å². The molecule has 0 aliphatic carbocycles. The van der Waals surface area contributed by atoms with Crippen molar-refractivity contribution in [1.29, 1.82) is 0 Å². The lowest BCUT2D eigenvalue weighted by atomic mass is 10.1. The van der Waals surface area contributed by atoms with Gasteiger partial charge in [-0.2, -0.15) is 0 Å². The molecule has 0 amide bonds. The highest BCUT2D eigenvalue weighted by molar-refractivity contribution is 5.69. The highest BCUT2D eigenvalue weighted by atomic mass is 16.4. The van der Waals surface area contributed by atoms with Gasteiger partial charge in [0.15, 0.2) is 0 Å². The fourth-order valence-electron chi connectivity index (χ4n) is 1.38. The second-order valence-electron chi connectivity index (χ2n) is 3.63. The average molecular weight is 208 g/mol. The lowest BCUT2D eigenvalue weighted by Gasteiger charge is -2.13. The summed E-state index contributed by atoms with van der Waals surface area (Å²) in [5.41, 5.74) is 7.51. The summed E-state index contributed by atoms with van der Waals surface area (Å²) in [5.74, 6) is -0.801. The number of benzene rings is 1. The molecule has 0 aromatic heterocycles. The van der Waals surface area contributed by atoms with E-state index in [1.54, 1.807) is 11.9 Å². The lowest BCUT2D eigenvalue weighted by Crippen LogP contribution is -2.27. The molecule has 0 fully saturated rings. The summed E-state index contributed by atoms with van der Waals surface area (Å²) >= 11 is 0. The molecule has 0 spiro atoms. The van der Waals surface area contributed by atoms with Gasteiger partial charge in [0.25, 0.3) is 0 Å². The molecule has 0 saturated heterocycles. The van der Waals surface area contributed by atoms with E-state index in [9.17, 15) is 4.79 Å². The number of nitrogens with two attached hydrogens (primary N) is 1. The van der Waals surface area contributed by atoms with Crippen LogP contribution >= 0.6 is 0 Å². The van der Waals surface area contributed by atoms with E-state index < -0.39 is 5.97 Å². The summed E-state index contributed by atoms with van der Waals surface area (Å²) in [6.45, 7) is 0.790. The quantitative estimate of drug-likeness (QED) is 0.703. The van der Waals surface area contributed by atoms with Gasteiger partial charge in [-0.05, 0) is 31.2 Å². The maximum absolute atomic E-state index is 10.4. The molecule has 0 saturated carbocycles. The van der Waals surface area contributed by atoms with Gasteiger partial charge in [0.05, 0.1) is 6.54 Å². The molecule has 0 aliphatic heterocycles. The summed E-state index contributed by atoms with van der Waals surface area (Å²) in [7, 11) is 1.79. The molecule has 0 atom stereocenters. The molecule has 0 aliphatic rings. The fourth-order valence-corrected chi connectivity index (χ4v) is 1.38. The van der Waals surface area contributed by atoms with Gasteiger partial charge in [0.1, 0.15) is 0 Å². The van der Waals surface area contributed by atoms with E-state index >= 15 is 0 Å². The number of nitrogen functional groups attached to an aromatic ring is 1. The first kappa shape index (κ1) is 11.5. The molecule has 1 rings (SSSR count). The summed E-state index contributed by atoms with van der Waals surface area (Å²) < 4.78 is 0. The predicted molar refractivity (Wildman–Crippen MR) is 59.7 cm³/mol. The van der Waals surface area contributed by atoms with Crippen LogP contribution in [0.4, 0.5) is 5.69 Å². The number of aliphatic carboxylic acids is 1. The molecule has 82 valence electrons. The molecule has 3 N–H and O–H groups in total. The first-order chi connectivity index (χ1) is 7.08. The Bertz CT molecular complexity index is 339. The minimum absolute atomic E-state index is 0.0717. The first-order valence-electron chi connectivity index (χ1n) is 4.82. The molecule has 4 nitrogen and oxygen atoms in total. The van der Waals surface area contributed by atoms with Crippen LogP contribution in [-0.4, -0.2) is 36.1 Å². The second kappa shape index (κ2) is 5.36. The van der Waals surface area contributed by atoms with Crippen molar-refractivity contribution >= 4 is 11.7 Å². The van der Waals surface area contributed by atoms with Gasteiger partial charge in [-0.25, -0.2) is 0 Å². The predicted octanol–water partition coefficient (Wildman–Crippen LogP) is 0.828. The van der Waals surface area contributed by atoms with Crippen molar-refractivity contribution in [2.24, 2.45) is 0 Å². The summed E-state index contributed by atoms with van der Waals surface area (Å²) in [6.07, 6.45) is 0.814. The van der Waals surface area contributed by atoms with Crippen LogP contribution in [0.25, 0.3) is 0 Å². The lowest BCUT2D eigenvalue weighted by molar-refractivity contribution is -0.137. The van der Waals surface area contributed by atoms with Gasteiger partial charge in [-0.1, -0.05) is 12.1 Å². The topological polar surface area (TPSA) is 66.6 Å². The minimum atomic E-state index is -0.801. The molecule has 1 aromatic carbocycles. The molecule has 0 bridgehead atoms. The monoisotopic (exact) mass is 208 g/mol. The normalized spacial score (nSPS) is 10.5. The smallest absolute Gasteiger partial charge is 0.317 e. The van der Waals surface area contributed by atoms with E-state index in [2.05, 4.69) is 0 Å². The third-order valence-corrected chi connectivity index (χ3v) is 2.14. The first-order valence-corrected chi connectivity index (χ1v) is 4.82. The number of nitrogens with zero attached hydrogens (tertiary/aromatic N) is 1. The number of hydrogen-bond donors (Lipinski definition) is 2. The third-order valence-electron chi connectivity index (χ3n) is 2.14. The van der Waals surface area contributed by atoms with Crippen molar-refractivity contribution in [3.63, 3.8) is 0 Å². The maximum Gasteiger partial charge on any atom is 0.317 e. The maximum atomic E-state index is 10.4. The van der Waals surface area contributed by atoms with E-state index in [-0.39, 0.29) is 6.54 Å². The highest BCUT2D eigenvalue weighted by Crippen LogP contribution is 2.07. The number of likely N-dealkylation sites (N-methyl/N-ethyl adjacent to an activating group) is 1. The zero-order valence-corrected chi connectivity index (χ0v) is 8.81. The molecule has 4 heteroatoms. The van der Waals surface area contributed by atoms with Gasteiger partial charge < -0.3 is 10.8 Å². The summed E-state index contributed by atoms with van der Waals surface area (Å²) in [5, 5.41) is 8.56. The van der Waals surface area contributed by atoms with Gasteiger partial charge in [0.2, 0.25) is 0 Å². The third kappa shape index (κ3) is 4.46. The Balaban J connectivity index is 2.40. The SMILES string of the molecule is CN(CCc1cccc(N)c1)CC(=O)O. The number of carboxylic acids is 1. The molecular formula is C11H16N2O2.